The van der Waals surface area contributed by atoms with Crippen molar-refractivity contribution < 1.29 is 4.42 Å². The van der Waals surface area contributed by atoms with E-state index in [4.69, 9.17) is 4.42 Å². The summed E-state index contributed by atoms with van der Waals surface area (Å²) < 4.78 is 5.66. The molecule has 0 amide bonds. The molecule has 21 heavy (non-hydrogen) atoms. The van der Waals surface area contributed by atoms with Crippen LogP contribution in [0.3, 0.4) is 0 Å². The maximum absolute atomic E-state index is 5.66. The Morgan fingerprint density at radius 3 is 2.95 bits per heavy atom. The predicted octanol–water partition coefficient (Wildman–Crippen LogP) is 3.36. The van der Waals surface area contributed by atoms with Crippen LogP contribution in [-0.2, 0) is 0 Å². The van der Waals surface area contributed by atoms with E-state index in [0.29, 0.717) is 11.8 Å². The molecule has 1 aromatic carbocycles. The van der Waals surface area contributed by atoms with Gasteiger partial charge in [-0.2, -0.15) is 5.10 Å². The number of rotatable bonds is 3. The Morgan fingerprint density at radius 2 is 2.05 bits per heavy atom. The molecule has 0 aliphatic carbocycles. The molecule has 6 nitrogen and oxygen atoms in total. The van der Waals surface area contributed by atoms with Gasteiger partial charge < -0.3 is 9.73 Å². The van der Waals surface area contributed by atoms with E-state index in [1.807, 2.05) is 36.4 Å². The summed E-state index contributed by atoms with van der Waals surface area (Å²) in [6.07, 6.45) is 5.15. The average molecular weight is 277 g/mol. The van der Waals surface area contributed by atoms with Crippen LogP contribution in [-0.4, -0.2) is 20.2 Å². The van der Waals surface area contributed by atoms with Gasteiger partial charge in [0.25, 0.3) is 6.01 Å². The number of anilines is 2. The van der Waals surface area contributed by atoms with Crippen molar-refractivity contribution in [2.75, 3.05) is 5.32 Å². The maximum atomic E-state index is 5.66. The highest BCUT2D eigenvalue weighted by atomic mass is 16.4. The first-order chi connectivity index (χ1) is 10.4. The quantitative estimate of drug-likeness (QED) is 0.600. The van der Waals surface area contributed by atoms with Crippen molar-refractivity contribution in [2.45, 2.75) is 0 Å². The number of hydrogen-bond acceptors (Lipinski definition) is 5. The van der Waals surface area contributed by atoms with Crippen molar-refractivity contribution in [2.24, 2.45) is 0 Å². The van der Waals surface area contributed by atoms with Gasteiger partial charge in [0.15, 0.2) is 5.76 Å². The zero-order chi connectivity index (χ0) is 14.1. The molecule has 0 atom stereocenters. The highest BCUT2D eigenvalue weighted by molar-refractivity contribution is 5.82. The number of aromatic amines is 1. The van der Waals surface area contributed by atoms with Crippen LogP contribution in [0, 0.1) is 0 Å². The van der Waals surface area contributed by atoms with Crippen molar-refractivity contribution in [3.05, 3.63) is 55.0 Å². The molecule has 3 aromatic heterocycles. The standard InChI is InChI=1S/C15H11N5O/c1-2-6-16-12(3-1)14-9-17-15(21-14)19-11-5-4-10-8-18-20-13(10)7-11/h1-9H,(H,17,19)(H,18,20). The molecule has 6 heteroatoms. The Labute approximate surface area is 119 Å². The molecule has 2 N–H and O–H groups in total. The Balaban J connectivity index is 1.61. The van der Waals surface area contributed by atoms with Crippen molar-refractivity contribution >= 4 is 22.6 Å². The van der Waals surface area contributed by atoms with Gasteiger partial charge in [-0.25, -0.2) is 4.98 Å². The van der Waals surface area contributed by atoms with Gasteiger partial charge in [0.1, 0.15) is 5.69 Å². The molecule has 4 aromatic rings. The second-order valence-corrected chi connectivity index (χ2v) is 4.54. The van der Waals surface area contributed by atoms with E-state index in [1.165, 1.54) is 0 Å². The largest absolute Gasteiger partial charge is 0.422 e. The molecule has 0 saturated carbocycles. The van der Waals surface area contributed by atoms with Crippen molar-refractivity contribution in [1.82, 2.24) is 20.2 Å². The first kappa shape index (κ1) is 11.7. The van der Waals surface area contributed by atoms with Gasteiger partial charge in [-0.1, -0.05) is 6.07 Å². The number of aromatic nitrogens is 4. The van der Waals surface area contributed by atoms with Crippen molar-refractivity contribution in [3.63, 3.8) is 0 Å². The summed E-state index contributed by atoms with van der Waals surface area (Å²) in [5.74, 6) is 0.626. The molecule has 0 spiro atoms. The molecule has 0 aliphatic rings. The molecule has 0 fully saturated rings. The van der Waals surface area contributed by atoms with Gasteiger partial charge in [0.05, 0.1) is 17.9 Å². The van der Waals surface area contributed by atoms with Crippen molar-refractivity contribution in [1.29, 1.82) is 0 Å². The summed E-state index contributed by atoms with van der Waals surface area (Å²) in [6, 6.07) is 11.9. The van der Waals surface area contributed by atoms with Crippen LogP contribution in [0.1, 0.15) is 0 Å². The summed E-state index contributed by atoms with van der Waals surface area (Å²) in [5, 5.41) is 11.1. The molecule has 102 valence electrons. The summed E-state index contributed by atoms with van der Waals surface area (Å²) in [7, 11) is 0. The van der Waals surface area contributed by atoms with E-state index >= 15 is 0 Å². The second-order valence-electron chi connectivity index (χ2n) is 4.54. The van der Waals surface area contributed by atoms with Gasteiger partial charge in [-0.15, -0.1) is 0 Å². The van der Waals surface area contributed by atoms with Gasteiger partial charge >= 0.3 is 0 Å². The molecular formula is C15H11N5O. The first-order valence-corrected chi connectivity index (χ1v) is 6.46. The fraction of sp³-hybridized carbons (Fsp3) is 0. The van der Waals surface area contributed by atoms with Gasteiger partial charge in [-0.05, 0) is 30.3 Å². The normalized spacial score (nSPS) is 10.9. The number of oxazole rings is 1. The van der Waals surface area contributed by atoms with E-state index in [2.05, 4.69) is 25.5 Å². The lowest BCUT2D eigenvalue weighted by Crippen LogP contribution is -1.89. The van der Waals surface area contributed by atoms with Gasteiger partial charge in [-0.3, -0.25) is 10.1 Å². The third kappa shape index (κ3) is 2.23. The minimum absolute atomic E-state index is 0.425. The van der Waals surface area contributed by atoms with Crippen LogP contribution < -0.4 is 5.32 Å². The minimum Gasteiger partial charge on any atom is -0.422 e. The summed E-state index contributed by atoms with van der Waals surface area (Å²) in [6.45, 7) is 0. The van der Waals surface area contributed by atoms with E-state index < -0.39 is 0 Å². The number of fused-ring (bicyclic) bond motifs is 1. The van der Waals surface area contributed by atoms with Gasteiger partial charge in [0, 0.05) is 17.3 Å². The number of H-pyrrole nitrogens is 1. The number of nitrogens with zero attached hydrogens (tertiary/aromatic N) is 3. The Kier molecular flexibility index (Phi) is 2.64. The summed E-state index contributed by atoms with van der Waals surface area (Å²) >= 11 is 0. The van der Waals surface area contributed by atoms with Crippen LogP contribution >= 0.6 is 0 Å². The third-order valence-corrected chi connectivity index (χ3v) is 3.12. The highest BCUT2D eigenvalue weighted by Gasteiger charge is 2.07. The Hall–Kier alpha value is -3.15. The molecule has 0 saturated heterocycles. The fourth-order valence-electron chi connectivity index (χ4n) is 2.10. The number of hydrogen-bond donors (Lipinski definition) is 2. The van der Waals surface area contributed by atoms with E-state index in [0.717, 1.165) is 22.3 Å². The SMILES string of the molecule is c1ccc(-c2cnc(Nc3ccc4cn[nH]c4c3)o2)nc1. The topological polar surface area (TPSA) is 79.6 Å². The molecule has 0 unspecified atom stereocenters. The van der Waals surface area contributed by atoms with E-state index in [-0.39, 0.29) is 0 Å². The van der Waals surface area contributed by atoms with Crippen LogP contribution in [0.15, 0.2) is 59.4 Å². The minimum atomic E-state index is 0.425. The second kappa shape index (κ2) is 4.75. The lowest BCUT2D eigenvalue weighted by atomic mass is 10.2. The summed E-state index contributed by atoms with van der Waals surface area (Å²) in [4.78, 5) is 8.44. The van der Waals surface area contributed by atoms with Crippen LogP contribution in [0.4, 0.5) is 11.7 Å². The lowest BCUT2D eigenvalue weighted by Gasteiger charge is -2.01. The molecule has 0 aliphatic heterocycles. The average Bonchev–Trinajstić information content (AvgIpc) is 3.17. The molecule has 4 rings (SSSR count). The molecule has 0 bridgehead atoms. The lowest BCUT2D eigenvalue weighted by molar-refractivity contribution is 0.590. The van der Waals surface area contributed by atoms with Gasteiger partial charge in [0.2, 0.25) is 0 Å². The molecule has 0 radical (unpaired) electrons. The van der Waals surface area contributed by atoms with E-state index in [1.54, 1.807) is 18.6 Å². The number of pyridine rings is 1. The molecule has 3 heterocycles. The third-order valence-electron chi connectivity index (χ3n) is 3.12. The van der Waals surface area contributed by atoms with Crippen LogP contribution in [0.25, 0.3) is 22.4 Å². The highest BCUT2D eigenvalue weighted by Crippen LogP contribution is 2.24. The maximum Gasteiger partial charge on any atom is 0.299 e. The Morgan fingerprint density at radius 1 is 1.05 bits per heavy atom. The van der Waals surface area contributed by atoms with Crippen LogP contribution in [0.2, 0.25) is 0 Å². The monoisotopic (exact) mass is 277 g/mol. The van der Waals surface area contributed by atoms with E-state index in [9.17, 15) is 0 Å². The zero-order valence-corrected chi connectivity index (χ0v) is 10.9. The molecular weight excluding hydrogens is 266 g/mol. The first-order valence-electron chi connectivity index (χ1n) is 6.46. The fourth-order valence-corrected chi connectivity index (χ4v) is 2.10. The summed E-state index contributed by atoms with van der Waals surface area (Å²) in [5.41, 5.74) is 2.58. The van der Waals surface area contributed by atoms with Crippen molar-refractivity contribution in [3.8, 4) is 11.5 Å². The number of nitrogens with one attached hydrogen (secondary N) is 2. The number of benzene rings is 1. The zero-order valence-electron chi connectivity index (χ0n) is 10.9. The predicted molar refractivity (Wildman–Crippen MR) is 79.1 cm³/mol. The smallest absolute Gasteiger partial charge is 0.299 e. The Bertz CT molecular complexity index is 881. The van der Waals surface area contributed by atoms with Crippen LogP contribution in [0.5, 0.6) is 0 Å².